The molecule has 1 aliphatic rings. The molecular weight excluding hydrogens is 547 g/mol. The van der Waals surface area contributed by atoms with E-state index in [2.05, 4.69) is 21.9 Å². The Balaban J connectivity index is 1.37. The first-order valence-corrected chi connectivity index (χ1v) is 14.7. The van der Waals surface area contributed by atoms with Crippen LogP contribution in [0, 0.1) is 5.82 Å². The summed E-state index contributed by atoms with van der Waals surface area (Å²) in [6, 6.07) is 15.4. The van der Waals surface area contributed by atoms with Crippen molar-refractivity contribution < 1.29 is 13.9 Å². The first kappa shape index (κ1) is 28.5. The third-order valence-corrected chi connectivity index (χ3v) is 8.21. The van der Waals surface area contributed by atoms with Crippen molar-refractivity contribution in [3.8, 4) is 17.1 Å². The van der Waals surface area contributed by atoms with Gasteiger partial charge in [0.05, 0.1) is 40.4 Å². The number of halogens is 1. The molecule has 2 aromatic heterocycles. The molecule has 0 radical (unpaired) electrons. The number of likely N-dealkylation sites (tertiary alicyclic amines) is 1. The third kappa shape index (κ3) is 5.87. The van der Waals surface area contributed by atoms with E-state index >= 15 is 0 Å². The summed E-state index contributed by atoms with van der Waals surface area (Å²) < 4.78 is 21.3. The van der Waals surface area contributed by atoms with E-state index in [4.69, 9.17) is 9.72 Å². The van der Waals surface area contributed by atoms with Crippen LogP contribution in [0.4, 0.5) is 4.39 Å². The van der Waals surface area contributed by atoms with Crippen LogP contribution in [0.15, 0.2) is 65.7 Å². The van der Waals surface area contributed by atoms with Crippen LogP contribution in [0.3, 0.4) is 0 Å². The zero-order chi connectivity index (χ0) is 30.1. The Morgan fingerprint density at radius 3 is 2.60 bits per heavy atom. The molecule has 0 atom stereocenters. The van der Waals surface area contributed by atoms with Crippen molar-refractivity contribution in [2.24, 2.45) is 0 Å². The SMILES string of the molecule is CCCOc1ccc(C(=O)N(C)C2CCN(C)CC2)cc1-c1nc2cc3ncn(Cc4ccc(F)cc4)c3cc2c(=O)[nH]1. The highest BCUT2D eigenvalue weighted by Gasteiger charge is 2.26. The summed E-state index contributed by atoms with van der Waals surface area (Å²) in [6.07, 6.45) is 4.36. The zero-order valence-corrected chi connectivity index (χ0v) is 24.6. The van der Waals surface area contributed by atoms with E-state index in [9.17, 15) is 14.0 Å². The maximum atomic E-state index is 13.6. The van der Waals surface area contributed by atoms with Gasteiger partial charge >= 0.3 is 0 Å². The van der Waals surface area contributed by atoms with E-state index in [1.807, 2.05) is 23.4 Å². The number of hydrogen-bond acceptors (Lipinski definition) is 6. The quantitative estimate of drug-likeness (QED) is 0.274. The molecule has 6 rings (SSSR count). The molecule has 0 aliphatic carbocycles. The lowest BCUT2D eigenvalue weighted by Crippen LogP contribution is -2.44. The van der Waals surface area contributed by atoms with Crippen LogP contribution in [0.2, 0.25) is 0 Å². The fourth-order valence-electron chi connectivity index (χ4n) is 5.67. The van der Waals surface area contributed by atoms with Crippen LogP contribution in [0.1, 0.15) is 42.1 Å². The molecule has 3 heterocycles. The number of fused-ring (bicyclic) bond motifs is 2. The fraction of sp³-hybridized carbons (Fsp3) is 0.333. The second-order valence-electron chi connectivity index (χ2n) is 11.3. The molecule has 0 bridgehead atoms. The largest absolute Gasteiger partial charge is 0.493 e. The minimum absolute atomic E-state index is 0.0746. The molecule has 1 saturated heterocycles. The number of carbonyl (C=O) groups excluding carboxylic acids is 1. The van der Waals surface area contributed by atoms with E-state index in [-0.39, 0.29) is 23.3 Å². The Bertz CT molecular complexity index is 1840. The highest BCUT2D eigenvalue weighted by Crippen LogP contribution is 2.31. The highest BCUT2D eigenvalue weighted by molar-refractivity contribution is 5.97. The second kappa shape index (κ2) is 12.0. The van der Waals surface area contributed by atoms with Crippen molar-refractivity contribution in [2.45, 2.75) is 38.8 Å². The lowest BCUT2D eigenvalue weighted by molar-refractivity contribution is 0.0659. The predicted molar refractivity (Wildman–Crippen MR) is 165 cm³/mol. The van der Waals surface area contributed by atoms with Crippen molar-refractivity contribution in [1.29, 1.82) is 0 Å². The minimum atomic E-state index is -0.307. The van der Waals surface area contributed by atoms with Crippen LogP contribution in [0.5, 0.6) is 5.75 Å². The highest BCUT2D eigenvalue weighted by atomic mass is 19.1. The van der Waals surface area contributed by atoms with E-state index in [1.165, 1.54) is 12.1 Å². The number of hydrogen-bond donors (Lipinski definition) is 1. The Morgan fingerprint density at radius 2 is 1.86 bits per heavy atom. The van der Waals surface area contributed by atoms with Gasteiger partial charge in [0.2, 0.25) is 0 Å². The molecular formula is C33H35FN6O3. The first-order chi connectivity index (χ1) is 20.8. The van der Waals surface area contributed by atoms with Gasteiger partial charge in [0, 0.05) is 25.2 Å². The minimum Gasteiger partial charge on any atom is -0.493 e. The third-order valence-electron chi connectivity index (χ3n) is 8.21. The molecule has 5 aromatic rings. The number of H-pyrrole nitrogens is 1. The molecule has 222 valence electrons. The Kier molecular flexibility index (Phi) is 7.94. The molecule has 43 heavy (non-hydrogen) atoms. The number of benzene rings is 3. The van der Waals surface area contributed by atoms with Crippen LogP contribution in [-0.4, -0.2) is 75.1 Å². The number of rotatable bonds is 8. The van der Waals surface area contributed by atoms with Gasteiger partial charge in [0.25, 0.3) is 11.5 Å². The standard InChI is InChI=1S/C33H35FN6O3/c1-4-15-43-30-10-7-22(33(42)39(3)24-11-13-38(2)14-12-24)16-26(30)31-36-27-18-28-29(17-25(27)32(41)37-31)40(20-35-28)19-21-5-8-23(34)9-6-21/h5-10,16-18,20,24H,4,11-15,19H2,1-3H3,(H,36,37,41). The summed E-state index contributed by atoms with van der Waals surface area (Å²) in [5.41, 5.74) is 3.62. The molecule has 9 nitrogen and oxygen atoms in total. The van der Waals surface area contributed by atoms with Gasteiger partial charge < -0.3 is 24.1 Å². The van der Waals surface area contributed by atoms with Crippen molar-refractivity contribution in [3.63, 3.8) is 0 Å². The normalized spacial score (nSPS) is 14.4. The van der Waals surface area contributed by atoms with E-state index in [0.717, 1.165) is 43.4 Å². The van der Waals surface area contributed by atoms with Gasteiger partial charge in [0.15, 0.2) is 0 Å². The van der Waals surface area contributed by atoms with Gasteiger partial charge in [0.1, 0.15) is 17.4 Å². The number of ether oxygens (including phenoxy) is 1. The molecule has 0 saturated carbocycles. The lowest BCUT2D eigenvalue weighted by Gasteiger charge is -2.35. The van der Waals surface area contributed by atoms with Gasteiger partial charge in [-0.05, 0) is 87.4 Å². The molecule has 0 spiro atoms. The fourth-order valence-corrected chi connectivity index (χ4v) is 5.67. The number of nitrogens with zero attached hydrogens (tertiary/aromatic N) is 5. The molecule has 3 aromatic carbocycles. The van der Waals surface area contributed by atoms with Crippen LogP contribution in [0.25, 0.3) is 33.3 Å². The predicted octanol–water partition coefficient (Wildman–Crippen LogP) is 5.08. The molecule has 1 N–H and O–H groups in total. The maximum absolute atomic E-state index is 13.6. The number of carbonyl (C=O) groups is 1. The molecule has 1 fully saturated rings. The number of amides is 1. The van der Waals surface area contributed by atoms with Gasteiger partial charge in [-0.15, -0.1) is 0 Å². The first-order valence-electron chi connectivity index (χ1n) is 14.7. The van der Waals surface area contributed by atoms with Crippen molar-refractivity contribution in [3.05, 3.63) is 88.2 Å². The van der Waals surface area contributed by atoms with Crippen molar-refractivity contribution in [2.75, 3.05) is 33.8 Å². The second-order valence-corrected chi connectivity index (χ2v) is 11.3. The summed E-state index contributed by atoms with van der Waals surface area (Å²) in [5, 5.41) is 0.419. The topological polar surface area (TPSA) is 96.3 Å². The van der Waals surface area contributed by atoms with Crippen LogP contribution in [-0.2, 0) is 6.54 Å². The monoisotopic (exact) mass is 582 g/mol. The van der Waals surface area contributed by atoms with Gasteiger partial charge in [-0.25, -0.2) is 14.4 Å². The van der Waals surface area contributed by atoms with Crippen LogP contribution < -0.4 is 10.3 Å². The average molecular weight is 583 g/mol. The maximum Gasteiger partial charge on any atom is 0.259 e. The summed E-state index contributed by atoms with van der Waals surface area (Å²) >= 11 is 0. The van der Waals surface area contributed by atoms with E-state index in [1.54, 1.807) is 48.8 Å². The number of aromatic nitrogens is 4. The van der Waals surface area contributed by atoms with E-state index < -0.39 is 0 Å². The van der Waals surface area contributed by atoms with Gasteiger partial charge in [-0.3, -0.25) is 9.59 Å². The molecule has 1 amide bonds. The number of imidazole rings is 1. The summed E-state index contributed by atoms with van der Waals surface area (Å²) in [5.74, 6) is 0.508. The molecule has 10 heteroatoms. The van der Waals surface area contributed by atoms with Gasteiger partial charge in [-0.2, -0.15) is 0 Å². The Labute approximate surface area is 248 Å². The van der Waals surface area contributed by atoms with Gasteiger partial charge in [-0.1, -0.05) is 19.1 Å². The summed E-state index contributed by atoms with van der Waals surface area (Å²) in [7, 11) is 3.96. The zero-order valence-electron chi connectivity index (χ0n) is 24.6. The Hall–Kier alpha value is -4.57. The number of nitrogens with one attached hydrogen (secondary N) is 1. The summed E-state index contributed by atoms with van der Waals surface area (Å²) in [4.78, 5) is 43.4. The van der Waals surface area contributed by atoms with E-state index in [0.29, 0.717) is 52.3 Å². The smallest absolute Gasteiger partial charge is 0.259 e. The molecule has 1 aliphatic heterocycles. The Morgan fingerprint density at radius 1 is 1.09 bits per heavy atom. The average Bonchev–Trinajstić information content (AvgIpc) is 3.41. The summed E-state index contributed by atoms with van der Waals surface area (Å²) in [6.45, 7) is 4.90. The van der Waals surface area contributed by atoms with Crippen molar-refractivity contribution >= 4 is 27.8 Å². The number of aromatic amines is 1. The van der Waals surface area contributed by atoms with Crippen LogP contribution >= 0.6 is 0 Å². The van der Waals surface area contributed by atoms with Crippen molar-refractivity contribution in [1.82, 2.24) is 29.3 Å². The number of piperidine rings is 1. The lowest BCUT2D eigenvalue weighted by atomic mass is 10.0. The molecule has 0 unspecified atom stereocenters.